The highest BCUT2D eigenvalue weighted by molar-refractivity contribution is 6.24. The lowest BCUT2D eigenvalue weighted by atomic mass is 9.83. The summed E-state index contributed by atoms with van der Waals surface area (Å²) in [5.74, 6) is 1.80. The lowest BCUT2D eigenvalue weighted by molar-refractivity contribution is 0.487. The molecule has 0 aliphatic carbocycles. The third-order valence-electron chi connectivity index (χ3n) is 8.86. The number of fused-ring (bicyclic) bond motifs is 4. The summed E-state index contributed by atoms with van der Waals surface area (Å²) in [6, 6.07) is 56.7. The molecule has 0 bridgehead atoms. The Morgan fingerprint density at radius 2 is 0.860 bits per heavy atom. The van der Waals surface area contributed by atoms with Gasteiger partial charge in [0.25, 0.3) is 0 Å². The van der Waals surface area contributed by atoms with E-state index in [0.717, 1.165) is 22.4 Å². The maximum atomic E-state index is 6.58. The minimum Gasteiger partial charge on any atom is -0.456 e. The van der Waals surface area contributed by atoms with E-state index in [4.69, 9.17) is 4.74 Å². The first kappa shape index (κ1) is 24.0. The first-order valence-electron chi connectivity index (χ1n) is 14.8. The highest BCUT2D eigenvalue weighted by atomic mass is 16.5. The van der Waals surface area contributed by atoms with Gasteiger partial charge in [-0.15, -0.1) is 0 Å². The van der Waals surface area contributed by atoms with Crippen LogP contribution >= 0.6 is 0 Å². The van der Waals surface area contributed by atoms with Gasteiger partial charge in [0.1, 0.15) is 11.5 Å². The van der Waals surface area contributed by atoms with E-state index in [-0.39, 0.29) is 0 Å². The smallest absolute Gasteiger partial charge is 0.135 e. The Morgan fingerprint density at radius 3 is 1.53 bits per heavy atom. The van der Waals surface area contributed by atoms with Gasteiger partial charge in [0.2, 0.25) is 0 Å². The van der Waals surface area contributed by atoms with Gasteiger partial charge in [-0.25, -0.2) is 0 Å². The molecule has 0 fully saturated rings. The molecule has 0 aromatic heterocycles. The van der Waals surface area contributed by atoms with Crippen molar-refractivity contribution in [1.82, 2.24) is 0 Å². The number of hydrogen-bond acceptors (Lipinski definition) is 1. The van der Waals surface area contributed by atoms with Crippen molar-refractivity contribution >= 4 is 32.3 Å². The van der Waals surface area contributed by atoms with Crippen molar-refractivity contribution in [3.8, 4) is 56.0 Å². The summed E-state index contributed by atoms with van der Waals surface area (Å²) >= 11 is 0. The second-order valence-corrected chi connectivity index (χ2v) is 11.2. The molecule has 0 saturated heterocycles. The summed E-state index contributed by atoms with van der Waals surface area (Å²) in [6.07, 6.45) is 0. The molecule has 1 heteroatoms. The molecule has 8 aromatic carbocycles. The van der Waals surface area contributed by atoms with Gasteiger partial charge in [-0.05, 0) is 90.1 Å². The Morgan fingerprint density at radius 1 is 0.302 bits per heavy atom. The molecule has 0 spiro atoms. The van der Waals surface area contributed by atoms with E-state index in [2.05, 4.69) is 158 Å². The SMILES string of the molecule is c1ccc(-c2ccc3c(c2)-c2cccc4c(-c5c6ccccc6c(-c6ccccc6)c6ccccc56)ccc(c24)O3)cc1. The molecular weight excluding hydrogens is 520 g/mol. The fraction of sp³-hybridized carbons (Fsp3) is 0. The zero-order valence-electron chi connectivity index (χ0n) is 23.4. The molecule has 0 amide bonds. The fourth-order valence-electron chi connectivity index (χ4n) is 6.99. The van der Waals surface area contributed by atoms with E-state index in [9.17, 15) is 0 Å². The second kappa shape index (κ2) is 9.44. The van der Waals surface area contributed by atoms with Crippen LogP contribution in [0.15, 0.2) is 158 Å². The van der Waals surface area contributed by atoms with E-state index in [1.54, 1.807) is 0 Å². The molecule has 8 aromatic rings. The van der Waals surface area contributed by atoms with E-state index in [1.807, 2.05) is 0 Å². The monoisotopic (exact) mass is 546 g/mol. The highest BCUT2D eigenvalue weighted by Gasteiger charge is 2.24. The standard InChI is InChI=1S/C42H26O/c1-3-12-27(13-4-1)29-22-24-38-37(26-29)35-21-11-20-34-36(23-25-39(43-38)42(34)35)41-32-18-9-7-16-30(32)40(28-14-5-2-6-15-28)31-17-8-10-19-33(31)41/h1-26H. The Kier molecular flexibility index (Phi) is 5.27. The molecule has 1 aliphatic rings. The Labute approximate surface area is 250 Å². The van der Waals surface area contributed by atoms with Crippen molar-refractivity contribution in [3.63, 3.8) is 0 Å². The van der Waals surface area contributed by atoms with Gasteiger partial charge in [-0.1, -0.05) is 133 Å². The van der Waals surface area contributed by atoms with Crippen molar-refractivity contribution in [1.29, 1.82) is 0 Å². The van der Waals surface area contributed by atoms with Crippen LogP contribution in [-0.4, -0.2) is 0 Å². The molecular formula is C42H26O. The summed E-state index contributed by atoms with van der Waals surface area (Å²) < 4.78 is 6.58. The van der Waals surface area contributed by atoms with Gasteiger partial charge >= 0.3 is 0 Å². The lowest BCUT2D eigenvalue weighted by Gasteiger charge is -2.24. The molecule has 0 radical (unpaired) electrons. The number of benzene rings is 8. The van der Waals surface area contributed by atoms with Crippen molar-refractivity contribution < 1.29 is 4.74 Å². The predicted molar refractivity (Wildman–Crippen MR) is 181 cm³/mol. The van der Waals surface area contributed by atoms with Gasteiger partial charge in [-0.2, -0.15) is 0 Å². The Balaban J connectivity index is 1.35. The third-order valence-corrected chi connectivity index (χ3v) is 8.86. The molecule has 1 aliphatic heterocycles. The third kappa shape index (κ3) is 3.65. The summed E-state index contributed by atoms with van der Waals surface area (Å²) in [5, 5.41) is 7.40. The maximum absolute atomic E-state index is 6.58. The number of rotatable bonds is 3. The minimum atomic E-state index is 0.899. The molecule has 9 rings (SSSR count). The van der Waals surface area contributed by atoms with Crippen LogP contribution in [0.2, 0.25) is 0 Å². The maximum Gasteiger partial charge on any atom is 0.135 e. The number of ether oxygens (including phenoxy) is 1. The van der Waals surface area contributed by atoms with Crippen LogP contribution in [0.1, 0.15) is 0 Å². The summed E-state index contributed by atoms with van der Waals surface area (Å²) in [7, 11) is 0. The van der Waals surface area contributed by atoms with Gasteiger partial charge in [0.05, 0.1) is 0 Å². The van der Waals surface area contributed by atoms with Crippen LogP contribution in [0, 0.1) is 0 Å². The Bertz CT molecular complexity index is 2290. The van der Waals surface area contributed by atoms with E-state index in [0.29, 0.717) is 0 Å². The molecule has 1 nitrogen and oxygen atoms in total. The molecule has 0 saturated carbocycles. The van der Waals surface area contributed by atoms with Gasteiger partial charge in [0.15, 0.2) is 0 Å². The van der Waals surface area contributed by atoms with Crippen LogP contribution in [0.5, 0.6) is 11.5 Å². The van der Waals surface area contributed by atoms with Crippen LogP contribution < -0.4 is 4.74 Å². The zero-order chi connectivity index (χ0) is 28.3. The lowest BCUT2D eigenvalue weighted by Crippen LogP contribution is -1.99. The zero-order valence-corrected chi connectivity index (χ0v) is 23.4. The first-order valence-corrected chi connectivity index (χ1v) is 14.8. The molecule has 0 N–H and O–H groups in total. The van der Waals surface area contributed by atoms with Crippen LogP contribution in [0.3, 0.4) is 0 Å². The van der Waals surface area contributed by atoms with Crippen molar-refractivity contribution in [3.05, 3.63) is 158 Å². The molecule has 43 heavy (non-hydrogen) atoms. The molecule has 0 unspecified atom stereocenters. The van der Waals surface area contributed by atoms with Crippen molar-refractivity contribution in [2.75, 3.05) is 0 Å². The summed E-state index contributed by atoms with van der Waals surface area (Å²) in [6.45, 7) is 0. The molecule has 200 valence electrons. The van der Waals surface area contributed by atoms with Gasteiger partial charge in [0, 0.05) is 10.9 Å². The van der Waals surface area contributed by atoms with Crippen molar-refractivity contribution in [2.24, 2.45) is 0 Å². The van der Waals surface area contributed by atoms with Crippen molar-refractivity contribution in [2.45, 2.75) is 0 Å². The van der Waals surface area contributed by atoms with Crippen LogP contribution in [-0.2, 0) is 0 Å². The summed E-state index contributed by atoms with van der Waals surface area (Å²) in [4.78, 5) is 0. The normalized spacial score (nSPS) is 11.9. The van der Waals surface area contributed by atoms with E-state index >= 15 is 0 Å². The highest BCUT2D eigenvalue weighted by Crippen LogP contribution is 2.51. The quantitative estimate of drug-likeness (QED) is 0.200. The predicted octanol–water partition coefficient (Wildman–Crippen LogP) is 11.9. The van der Waals surface area contributed by atoms with E-state index < -0.39 is 0 Å². The topological polar surface area (TPSA) is 9.23 Å². The first-order chi connectivity index (χ1) is 21.3. The van der Waals surface area contributed by atoms with Crippen LogP contribution in [0.4, 0.5) is 0 Å². The van der Waals surface area contributed by atoms with E-state index in [1.165, 1.54) is 65.9 Å². The molecule has 1 heterocycles. The average molecular weight is 547 g/mol. The number of hydrogen-bond donors (Lipinski definition) is 0. The fourth-order valence-corrected chi connectivity index (χ4v) is 6.99. The average Bonchev–Trinajstić information content (AvgIpc) is 3.08. The van der Waals surface area contributed by atoms with Gasteiger partial charge in [-0.3, -0.25) is 0 Å². The largest absolute Gasteiger partial charge is 0.456 e. The molecule has 0 atom stereocenters. The minimum absolute atomic E-state index is 0.899. The van der Waals surface area contributed by atoms with Crippen LogP contribution in [0.25, 0.3) is 76.8 Å². The second-order valence-electron chi connectivity index (χ2n) is 11.2. The summed E-state index contributed by atoms with van der Waals surface area (Å²) in [5.41, 5.74) is 9.73. The Hall–Kier alpha value is -5.66. The van der Waals surface area contributed by atoms with Gasteiger partial charge < -0.3 is 4.74 Å².